The van der Waals surface area contributed by atoms with Crippen molar-refractivity contribution in [2.45, 2.75) is 17.4 Å². The first kappa shape index (κ1) is 15.3. The normalized spacial score (nSPS) is 26.0. The van der Waals surface area contributed by atoms with Crippen LogP contribution in [0.3, 0.4) is 0 Å². The lowest BCUT2D eigenvalue weighted by Gasteiger charge is -2.20. The van der Waals surface area contributed by atoms with Crippen molar-refractivity contribution in [2.24, 2.45) is 11.7 Å². The van der Waals surface area contributed by atoms with E-state index in [1.807, 2.05) is 7.05 Å². The summed E-state index contributed by atoms with van der Waals surface area (Å²) in [6.45, 7) is 2.17. The van der Waals surface area contributed by atoms with Crippen LogP contribution in [0.15, 0.2) is 29.2 Å². The third-order valence-electron chi connectivity index (χ3n) is 4.55. The minimum absolute atomic E-state index is 0.241. The van der Waals surface area contributed by atoms with Crippen LogP contribution in [0.4, 0.5) is 10.5 Å². The van der Waals surface area contributed by atoms with Gasteiger partial charge < -0.3 is 16.0 Å². The molecule has 3 rings (SSSR count). The van der Waals surface area contributed by atoms with Crippen LogP contribution in [0.2, 0.25) is 0 Å². The van der Waals surface area contributed by atoms with Crippen LogP contribution >= 0.6 is 0 Å². The second-order valence-electron chi connectivity index (χ2n) is 5.93. The highest BCUT2D eigenvalue weighted by Crippen LogP contribution is 2.33. The van der Waals surface area contributed by atoms with Gasteiger partial charge in [-0.25, -0.2) is 13.2 Å². The van der Waals surface area contributed by atoms with Crippen LogP contribution < -0.4 is 11.1 Å². The highest BCUT2D eigenvalue weighted by molar-refractivity contribution is 7.89. The molecule has 0 unspecified atom stereocenters. The fourth-order valence-corrected chi connectivity index (χ4v) is 4.85. The molecule has 2 aliphatic rings. The highest BCUT2D eigenvalue weighted by atomic mass is 32.2. The van der Waals surface area contributed by atoms with Crippen molar-refractivity contribution in [3.63, 3.8) is 0 Å². The molecule has 2 heterocycles. The van der Waals surface area contributed by atoms with Crippen LogP contribution in [-0.2, 0) is 10.0 Å². The van der Waals surface area contributed by atoms with Gasteiger partial charge in [0.25, 0.3) is 0 Å². The number of carbonyl (C=O) groups excluding carboxylic acids is 1. The number of sulfonamides is 1. The van der Waals surface area contributed by atoms with Crippen molar-refractivity contribution < 1.29 is 13.2 Å². The Balaban J connectivity index is 1.77. The first-order valence-electron chi connectivity index (χ1n) is 7.25. The van der Waals surface area contributed by atoms with Gasteiger partial charge in [-0.3, -0.25) is 0 Å². The fraction of sp³-hybridized carbons (Fsp3) is 0.500. The molecule has 0 spiro atoms. The molecule has 8 heteroatoms. The lowest BCUT2D eigenvalue weighted by Crippen LogP contribution is -2.35. The average molecular weight is 324 g/mol. The van der Waals surface area contributed by atoms with Crippen molar-refractivity contribution in [1.82, 2.24) is 9.21 Å². The van der Waals surface area contributed by atoms with Gasteiger partial charge in [0.2, 0.25) is 10.0 Å². The van der Waals surface area contributed by atoms with Crippen molar-refractivity contribution >= 4 is 21.7 Å². The number of likely N-dealkylation sites (tertiary alicyclic amines) is 1. The molecule has 0 aliphatic carbocycles. The molecule has 120 valence electrons. The Morgan fingerprint density at radius 2 is 1.95 bits per heavy atom. The zero-order valence-electron chi connectivity index (χ0n) is 12.4. The number of anilines is 1. The molecule has 0 aromatic heterocycles. The number of hydrogen-bond donors (Lipinski definition) is 2. The molecule has 0 bridgehead atoms. The Morgan fingerprint density at radius 3 is 2.55 bits per heavy atom. The third kappa shape index (κ3) is 2.69. The van der Waals surface area contributed by atoms with E-state index in [0.717, 1.165) is 13.0 Å². The molecule has 2 saturated heterocycles. The Labute approximate surface area is 130 Å². The van der Waals surface area contributed by atoms with Gasteiger partial charge in [0.05, 0.1) is 4.90 Å². The maximum absolute atomic E-state index is 12.7. The summed E-state index contributed by atoms with van der Waals surface area (Å²) in [5.74, 6) is 0.426. The Kier molecular flexibility index (Phi) is 3.84. The zero-order chi connectivity index (χ0) is 15.9. The maximum Gasteiger partial charge on any atom is 0.316 e. The lowest BCUT2D eigenvalue weighted by atomic mass is 10.1. The van der Waals surface area contributed by atoms with Crippen LogP contribution in [0.5, 0.6) is 0 Å². The number of amides is 2. The molecule has 2 amide bonds. The van der Waals surface area contributed by atoms with Crippen LogP contribution in [0.1, 0.15) is 6.42 Å². The van der Waals surface area contributed by atoms with Crippen LogP contribution in [-0.4, -0.2) is 56.4 Å². The van der Waals surface area contributed by atoms with E-state index in [-0.39, 0.29) is 4.90 Å². The van der Waals surface area contributed by atoms with Gasteiger partial charge >= 0.3 is 6.03 Å². The Hall–Kier alpha value is -1.64. The molecular weight excluding hydrogens is 304 g/mol. The molecule has 0 saturated carbocycles. The van der Waals surface area contributed by atoms with E-state index >= 15 is 0 Å². The van der Waals surface area contributed by atoms with Crippen molar-refractivity contribution in [3.8, 4) is 0 Å². The topological polar surface area (TPSA) is 95.7 Å². The second kappa shape index (κ2) is 5.53. The van der Waals surface area contributed by atoms with Crippen molar-refractivity contribution in [3.05, 3.63) is 24.3 Å². The van der Waals surface area contributed by atoms with Gasteiger partial charge in [-0.1, -0.05) is 0 Å². The van der Waals surface area contributed by atoms with E-state index in [2.05, 4.69) is 10.2 Å². The standard InChI is InChI=1S/C14H20N4O3S/c1-17-7-6-10-8-18(9-13(10)17)22(20,21)12-4-2-11(3-5-12)16-14(15)19/h2-5,10,13H,6-9H2,1H3,(H3,15,16,19)/t10-,13+/m1/s1. The number of urea groups is 1. The van der Waals surface area contributed by atoms with Crippen LogP contribution in [0.25, 0.3) is 0 Å². The number of benzene rings is 1. The van der Waals surface area contributed by atoms with Crippen molar-refractivity contribution in [2.75, 3.05) is 32.0 Å². The van der Waals surface area contributed by atoms with Gasteiger partial charge in [0.1, 0.15) is 0 Å². The maximum atomic E-state index is 12.7. The number of carbonyl (C=O) groups is 1. The van der Waals surface area contributed by atoms with Gasteiger partial charge in [0.15, 0.2) is 0 Å². The number of nitrogens with one attached hydrogen (secondary N) is 1. The molecule has 22 heavy (non-hydrogen) atoms. The van der Waals surface area contributed by atoms with E-state index in [1.165, 1.54) is 12.1 Å². The molecule has 2 fully saturated rings. The molecule has 1 aromatic carbocycles. The Bertz CT molecular complexity index is 674. The summed E-state index contributed by atoms with van der Waals surface area (Å²) in [5.41, 5.74) is 5.51. The van der Waals surface area contributed by atoms with E-state index in [0.29, 0.717) is 30.7 Å². The monoisotopic (exact) mass is 324 g/mol. The number of primary amides is 1. The fourth-order valence-electron chi connectivity index (χ4n) is 3.33. The average Bonchev–Trinajstić information content (AvgIpc) is 3.02. The number of rotatable bonds is 3. The summed E-state index contributed by atoms with van der Waals surface area (Å²) in [6, 6.07) is 5.73. The second-order valence-corrected chi connectivity index (χ2v) is 7.87. The Morgan fingerprint density at radius 1 is 1.27 bits per heavy atom. The molecule has 3 N–H and O–H groups in total. The molecule has 2 atom stereocenters. The summed E-state index contributed by atoms with van der Waals surface area (Å²) in [7, 11) is -1.44. The molecule has 7 nitrogen and oxygen atoms in total. The summed E-state index contributed by atoms with van der Waals surface area (Å²) < 4.78 is 27.0. The minimum atomic E-state index is -3.49. The van der Waals surface area contributed by atoms with Crippen LogP contribution in [0, 0.1) is 5.92 Å². The largest absolute Gasteiger partial charge is 0.351 e. The van der Waals surface area contributed by atoms with Gasteiger partial charge in [-0.05, 0) is 50.2 Å². The quantitative estimate of drug-likeness (QED) is 0.846. The van der Waals surface area contributed by atoms with E-state index in [4.69, 9.17) is 5.73 Å². The SMILES string of the molecule is CN1CC[C@@H]2CN(S(=O)(=O)c3ccc(NC(N)=O)cc3)C[C@@H]21. The lowest BCUT2D eigenvalue weighted by molar-refractivity contribution is 0.259. The number of hydrogen-bond acceptors (Lipinski definition) is 4. The number of nitrogens with two attached hydrogens (primary N) is 1. The number of nitrogens with zero attached hydrogens (tertiary/aromatic N) is 2. The van der Waals surface area contributed by atoms with Gasteiger partial charge in [-0.2, -0.15) is 4.31 Å². The molecule has 2 aliphatic heterocycles. The summed E-state index contributed by atoms with van der Waals surface area (Å²) >= 11 is 0. The van der Waals surface area contributed by atoms with Crippen molar-refractivity contribution in [1.29, 1.82) is 0 Å². The molecule has 0 radical (unpaired) electrons. The van der Waals surface area contributed by atoms with Gasteiger partial charge in [-0.15, -0.1) is 0 Å². The number of likely N-dealkylation sites (N-methyl/N-ethyl adjacent to an activating group) is 1. The smallest absolute Gasteiger partial charge is 0.316 e. The van der Waals surface area contributed by atoms with E-state index in [9.17, 15) is 13.2 Å². The summed E-state index contributed by atoms with van der Waals surface area (Å²) in [4.78, 5) is 13.3. The predicted molar refractivity (Wildman–Crippen MR) is 82.9 cm³/mol. The zero-order valence-corrected chi connectivity index (χ0v) is 13.2. The van der Waals surface area contributed by atoms with E-state index in [1.54, 1.807) is 16.4 Å². The predicted octanol–water partition coefficient (Wildman–Crippen LogP) is 0.502. The molecular formula is C14H20N4O3S. The highest BCUT2D eigenvalue weighted by Gasteiger charge is 2.43. The first-order chi connectivity index (χ1) is 10.4. The molecule has 1 aromatic rings. The summed E-state index contributed by atoms with van der Waals surface area (Å²) in [6.07, 6.45) is 1.05. The van der Waals surface area contributed by atoms with E-state index < -0.39 is 16.1 Å². The first-order valence-corrected chi connectivity index (χ1v) is 8.69. The number of fused-ring (bicyclic) bond motifs is 1. The minimum Gasteiger partial charge on any atom is -0.351 e. The third-order valence-corrected chi connectivity index (χ3v) is 6.40. The van der Waals surface area contributed by atoms with Gasteiger partial charge in [0, 0.05) is 24.8 Å². The summed E-state index contributed by atoms with van der Waals surface area (Å²) in [5, 5.41) is 2.41.